The maximum Gasteiger partial charge on any atom is 0.122 e. The van der Waals surface area contributed by atoms with Crippen LogP contribution < -0.4 is 0 Å². The van der Waals surface area contributed by atoms with Crippen LogP contribution in [0, 0.1) is 46.8 Å². The van der Waals surface area contributed by atoms with Crippen LogP contribution in [0.15, 0.2) is 11.6 Å². The van der Waals surface area contributed by atoms with Gasteiger partial charge in [-0.2, -0.15) is 0 Å². The van der Waals surface area contributed by atoms with E-state index in [-0.39, 0.29) is 0 Å². The normalized spacial score (nSPS) is 48.5. The third kappa shape index (κ3) is 3.61. The average Bonchev–Trinajstić information content (AvgIpc) is 2.99. The Balaban J connectivity index is 1.48. The van der Waals surface area contributed by atoms with Gasteiger partial charge in [0, 0.05) is 0 Å². The smallest absolute Gasteiger partial charge is 0.122 e. The van der Waals surface area contributed by atoms with Crippen molar-refractivity contribution in [2.24, 2.45) is 34.5 Å². The largest absolute Gasteiger partial charge is 0.390 e. The van der Waals surface area contributed by atoms with Crippen molar-refractivity contribution < 1.29 is 10.2 Å². The fourth-order valence-corrected chi connectivity index (χ4v) is 8.15. The molecule has 4 aliphatic carbocycles. The van der Waals surface area contributed by atoms with E-state index in [1.54, 1.807) is 12.5 Å². The number of aliphatic hydroxyl groups is 2. The molecule has 0 aliphatic heterocycles. The summed E-state index contributed by atoms with van der Waals surface area (Å²) >= 11 is 0. The van der Waals surface area contributed by atoms with Gasteiger partial charge in [-0.1, -0.05) is 31.4 Å². The summed E-state index contributed by atoms with van der Waals surface area (Å²) in [6.45, 7) is 8.89. The molecule has 0 heterocycles. The van der Waals surface area contributed by atoms with Crippen molar-refractivity contribution in [2.75, 3.05) is 0 Å². The van der Waals surface area contributed by atoms with Gasteiger partial charge >= 0.3 is 0 Å². The number of hydrogen-bond donors (Lipinski definition) is 2. The van der Waals surface area contributed by atoms with Gasteiger partial charge in [0.15, 0.2) is 0 Å². The van der Waals surface area contributed by atoms with Crippen LogP contribution >= 0.6 is 0 Å². The third-order valence-corrected chi connectivity index (χ3v) is 10.1. The van der Waals surface area contributed by atoms with Crippen LogP contribution in [0.3, 0.4) is 0 Å². The van der Waals surface area contributed by atoms with Crippen LogP contribution in [0.5, 0.6) is 0 Å². The van der Waals surface area contributed by atoms with E-state index in [1.165, 1.54) is 38.5 Å². The summed E-state index contributed by atoms with van der Waals surface area (Å²) in [7, 11) is 0. The van der Waals surface area contributed by atoms with Crippen molar-refractivity contribution in [1.29, 1.82) is 0 Å². The first-order valence-electron chi connectivity index (χ1n) is 12.1. The van der Waals surface area contributed by atoms with E-state index in [1.807, 2.05) is 6.92 Å². The SMILES string of the molecule is C#CC(C)(O)CCCC1CCC2C3CC=C4C[C@@](C)(O)CCC4(C)C3CCC12C. The quantitative estimate of drug-likeness (QED) is 0.459. The van der Waals surface area contributed by atoms with E-state index in [2.05, 4.69) is 25.8 Å². The monoisotopic (exact) mass is 398 g/mol. The Bertz CT molecular complexity index is 711. The predicted octanol–water partition coefficient (Wildman–Crippen LogP) is 5.87. The van der Waals surface area contributed by atoms with Crippen molar-refractivity contribution in [3.8, 4) is 12.3 Å². The first-order valence-corrected chi connectivity index (χ1v) is 12.1. The molecule has 162 valence electrons. The molecule has 0 spiro atoms. The van der Waals surface area contributed by atoms with Crippen molar-refractivity contribution in [3.05, 3.63) is 11.6 Å². The van der Waals surface area contributed by atoms with Gasteiger partial charge in [-0.25, -0.2) is 0 Å². The highest BCUT2D eigenvalue weighted by atomic mass is 16.3. The molecule has 0 aromatic heterocycles. The zero-order valence-corrected chi connectivity index (χ0v) is 19.1. The zero-order valence-electron chi connectivity index (χ0n) is 19.1. The lowest BCUT2D eigenvalue weighted by Gasteiger charge is -2.59. The Morgan fingerprint density at radius 2 is 1.90 bits per heavy atom. The minimum atomic E-state index is -0.947. The molecular formula is C27H42O2. The van der Waals surface area contributed by atoms with E-state index in [9.17, 15) is 10.2 Å². The van der Waals surface area contributed by atoms with Gasteiger partial charge < -0.3 is 10.2 Å². The summed E-state index contributed by atoms with van der Waals surface area (Å²) in [5.41, 5.74) is 0.892. The zero-order chi connectivity index (χ0) is 21.1. The molecule has 0 amide bonds. The molecule has 2 nitrogen and oxygen atoms in total. The molecule has 0 saturated heterocycles. The van der Waals surface area contributed by atoms with Crippen molar-refractivity contribution in [3.63, 3.8) is 0 Å². The molecule has 29 heavy (non-hydrogen) atoms. The summed E-state index contributed by atoms with van der Waals surface area (Å²) in [4.78, 5) is 0. The fourth-order valence-electron chi connectivity index (χ4n) is 8.15. The van der Waals surface area contributed by atoms with E-state index in [0.29, 0.717) is 10.8 Å². The molecule has 0 bridgehead atoms. The van der Waals surface area contributed by atoms with Gasteiger partial charge in [0.05, 0.1) is 5.60 Å². The Morgan fingerprint density at radius 1 is 1.14 bits per heavy atom. The van der Waals surface area contributed by atoms with Crippen molar-refractivity contribution >= 4 is 0 Å². The van der Waals surface area contributed by atoms with E-state index in [4.69, 9.17) is 6.42 Å². The summed E-state index contributed by atoms with van der Waals surface area (Å²) in [6, 6.07) is 0. The van der Waals surface area contributed by atoms with Gasteiger partial charge in [-0.3, -0.25) is 0 Å². The summed E-state index contributed by atoms with van der Waals surface area (Å²) in [5, 5.41) is 20.8. The highest BCUT2D eigenvalue weighted by Crippen LogP contribution is 2.67. The van der Waals surface area contributed by atoms with Crippen LogP contribution in [0.1, 0.15) is 98.3 Å². The van der Waals surface area contributed by atoms with Crippen LogP contribution in [0.25, 0.3) is 0 Å². The second-order valence-corrected chi connectivity index (χ2v) is 12.1. The molecule has 2 heteroatoms. The molecule has 7 unspecified atom stereocenters. The lowest BCUT2D eigenvalue weighted by atomic mass is 9.46. The second kappa shape index (κ2) is 7.13. The summed E-state index contributed by atoms with van der Waals surface area (Å²) in [6.07, 6.45) is 20.6. The molecule has 3 fully saturated rings. The number of allylic oxidation sites excluding steroid dienone is 1. The first kappa shape index (κ1) is 21.5. The fraction of sp³-hybridized carbons (Fsp3) is 0.852. The topological polar surface area (TPSA) is 40.5 Å². The maximum atomic E-state index is 10.6. The molecule has 2 N–H and O–H groups in total. The minimum Gasteiger partial charge on any atom is -0.390 e. The van der Waals surface area contributed by atoms with Crippen molar-refractivity contribution in [2.45, 2.75) is 110 Å². The summed E-state index contributed by atoms with van der Waals surface area (Å²) < 4.78 is 0. The van der Waals surface area contributed by atoms with Crippen LogP contribution in [0.4, 0.5) is 0 Å². The van der Waals surface area contributed by atoms with Crippen LogP contribution in [-0.2, 0) is 0 Å². The third-order valence-electron chi connectivity index (χ3n) is 10.1. The van der Waals surface area contributed by atoms with E-state index < -0.39 is 11.2 Å². The Labute approximate surface area is 178 Å². The van der Waals surface area contributed by atoms with Crippen LogP contribution in [-0.4, -0.2) is 21.4 Å². The first-order chi connectivity index (χ1) is 13.5. The lowest BCUT2D eigenvalue weighted by molar-refractivity contribution is -0.0663. The second-order valence-electron chi connectivity index (χ2n) is 12.1. The Hall–Kier alpha value is -0.780. The molecule has 4 rings (SSSR count). The van der Waals surface area contributed by atoms with Gasteiger partial charge in [-0.05, 0) is 119 Å². The highest BCUT2D eigenvalue weighted by Gasteiger charge is 2.58. The van der Waals surface area contributed by atoms with Gasteiger partial charge in [0.25, 0.3) is 0 Å². The minimum absolute atomic E-state index is 0.316. The molecule has 4 aliphatic rings. The van der Waals surface area contributed by atoms with Gasteiger partial charge in [0.2, 0.25) is 0 Å². The number of fused-ring (bicyclic) bond motifs is 5. The standard InChI is InChI=1S/C27H42O2/c1-6-24(2,28)14-7-8-19-10-12-22-21-11-9-20-18-25(3,29)16-17-27(20,5)23(21)13-15-26(19,22)4/h1,9,19,21-23,28-29H,7-8,10-18H2,2-5H3/t19?,21?,22?,23?,24?,25-,26?,27?/m0/s1. The van der Waals surface area contributed by atoms with Crippen LogP contribution in [0.2, 0.25) is 0 Å². The Morgan fingerprint density at radius 3 is 2.62 bits per heavy atom. The lowest BCUT2D eigenvalue weighted by Crippen LogP contribution is -2.51. The molecule has 3 saturated carbocycles. The van der Waals surface area contributed by atoms with Crippen molar-refractivity contribution in [1.82, 2.24) is 0 Å². The molecule has 8 atom stereocenters. The molecule has 0 aromatic rings. The number of rotatable bonds is 4. The van der Waals surface area contributed by atoms with E-state index in [0.717, 1.165) is 55.8 Å². The Kier molecular flexibility index (Phi) is 5.28. The van der Waals surface area contributed by atoms with E-state index >= 15 is 0 Å². The van der Waals surface area contributed by atoms with Gasteiger partial charge in [-0.15, -0.1) is 6.42 Å². The number of hydrogen-bond acceptors (Lipinski definition) is 2. The average molecular weight is 399 g/mol. The molecule has 0 radical (unpaired) electrons. The number of terminal acetylenes is 1. The van der Waals surface area contributed by atoms with Gasteiger partial charge in [0.1, 0.15) is 5.60 Å². The predicted molar refractivity (Wildman–Crippen MR) is 119 cm³/mol. The molecular weight excluding hydrogens is 356 g/mol. The maximum absolute atomic E-state index is 10.6. The molecule has 0 aromatic carbocycles. The highest BCUT2D eigenvalue weighted by molar-refractivity contribution is 5.26. The summed E-state index contributed by atoms with van der Waals surface area (Å²) in [5.74, 6) is 5.79.